The summed E-state index contributed by atoms with van der Waals surface area (Å²) in [6, 6.07) is 0.451. The highest BCUT2D eigenvalue weighted by Crippen LogP contribution is 2.47. The smallest absolute Gasteiger partial charge is 0.341 e. The lowest BCUT2D eigenvalue weighted by molar-refractivity contribution is 0.0695. The molecule has 2 bridgehead atoms. The SMILES string of the molecule is Cc1c(F)c(N2[C@@H]3CC[C@H]2CC(N)C3)c(Cl)c2c1c(=O)c(C(=O)O)cn2C1CC1. The maximum Gasteiger partial charge on any atom is 0.341 e. The van der Waals surface area contributed by atoms with Crippen molar-refractivity contribution in [1.29, 1.82) is 0 Å². The summed E-state index contributed by atoms with van der Waals surface area (Å²) >= 11 is 6.81. The number of pyridine rings is 1. The molecule has 3 N–H and O–H groups in total. The summed E-state index contributed by atoms with van der Waals surface area (Å²) < 4.78 is 17.4. The van der Waals surface area contributed by atoms with Gasteiger partial charge in [-0.25, -0.2) is 9.18 Å². The Labute approximate surface area is 172 Å². The average Bonchev–Trinajstić information content (AvgIpc) is 3.46. The minimum atomic E-state index is -1.31. The summed E-state index contributed by atoms with van der Waals surface area (Å²) in [6.07, 6.45) is 6.59. The molecule has 2 saturated heterocycles. The highest BCUT2D eigenvalue weighted by molar-refractivity contribution is 6.38. The van der Waals surface area contributed by atoms with Gasteiger partial charge in [0.2, 0.25) is 5.43 Å². The highest BCUT2D eigenvalue weighted by atomic mass is 35.5. The van der Waals surface area contributed by atoms with Gasteiger partial charge >= 0.3 is 5.97 Å². The summed E-state index contributed by atoms with van der Waals surface area (Å²) in [5, 5.41) is 9.76. The zero-order valence-electron chi connectivity index (χ0n) is 16.1. The summed E-state index contributed by atoms with van der Waals surface area (Å²) in [4.78, 5) is 26.6. The van der Waals surface area contributed by atoms with Crippen LogP contribution in [0, 0.1) is 12.7 Å². The molecule has 1 aliphatic carbocycles. The molecule has 0 amide bonds. The van der Waals surface area contributed by atoms with Gasteiger partial charge in [-0.3, -0.25) is 4.79 Å². The van der Waals surface area contributed by atoms with Crippen LogP contribution in [0.4, 0.5) is 10.1 Å². The van der Waals surface area contributed by atoms with Crippen molar-refractivity contribution in [2.24, 2.45) is 5.73 Å². The molecule has 3 atom stereocenters. The standard InChI is InChI=1S/C21H23ClFN3O3/c1-9-15-18(25(11-2-3-11)8-14(20(15)27)21(28)29)16(22)19(17(9)23)26-12-4-5-13(26)7-10(24)6-12/h8,10-13H,2-7,24H2,1H3,(H,28,29)/t10?,12-,13+. The summed E-state index contributed by atoms with van der Waals surface area (Å²) in [6.45, 7) is 1.54. The summed E-state index contributed by atoms with van der Waals surface area (Å²) in [5.41, 5.74) is 6.10. The zero-order valence-corrected chi connectivity index (χ0v) is 16.9. The second-order valence-electron chi connectivity index (χ2n) is 8.66. The second kappa shape index (κ2) is 6.44. The number of aryl methyl sites for hydroxylation is 1. The number of hydrogen-bond donors (Lipinski definition) is 2. The first-order chi connectivity index (χ1) is 13.8. The van der Waals surface area contributed by atoms with Crippen LogP contribution in [-0.2, 0) is 0 Å². The first kappa shape index (κ1) is 18.9. The number of nitrogens with two attached hydrogens (primary N) is 1. The van der Waals surface area contributed by atoms with E-state index < -0.39 is 17.2 Å². The van der Waals surface area contributed by atoms with Gasteiger partial charge in [0.15, 0.2) is 5.82 Å². The first-order valence-electron chi connectivity index (χ1n) is 10.1. The fourth-order valence-electron chi connectivity index (χ4n) is 5.30. The van der Waals surface area contributed by atoms with Crippen LogP contribution in [0.5, 0.6) is 0 Å². The topological polar surface area (TPSA) is 88.6 Å². The molecule has 1 unspecified atom stereocenters. The van der Waals surface area contributed by atoms with E-state index in [4.69, 9.17) is 17.3 Å². The fraction of sp³-hybridized carbons (Fsp3) is 0.524. The molecular formula is C21H23ClFN3O3. The van der Waals surface area contributed by atoms with Crippen molar-refractivity contribution in [2.45, 2.75) is 69.6 Å². The van der Waals surface area contributed by atoms with Crippen LogP contribution in [0.25, 0.3) is 10.9 Å². The number of hydrogen-bond acceptors (Lipinski definition) is 4. The van der Waals surface area contributed by atoms with Crippen molar-refractivity contribution in [3.05, 3.63) is 38.4 Å². The third kappa shape index (κ3) is 2.70. The number of rotatable bonds is 3. The van der Waals surface area contributed by atoms with Crippen molar-refractivity contribution < 1.29 is 14.3 Å². The third-order valence-electron chi connectivity index (χ3n) is 6.76. The van der Waals surface area contributed by atoms with Gasteiger partial charge in [0, 0.05) is 35.9 Å². The van der Waals surface area contributed by atoms with Gasteiger partial charge in [0.05, 0.1) is 21.6 Å². The summed E-state index contributed by atoms with van der Waals surface area (Å²) in [7, 11) is 0. The van der Waals surface area contributed by atoms with Gasteiger partial charge in [-0.15, -0.1) is 0 Å². The second-order valence-corrected chi connectivity index (χ2v) is 9.04. The van der Waals surface area contributed by atoms with Gasteiger partial charge in [-0.2, -0.15) is 0 Å². The lowest BCUT2D eigenvalue weighted by Gasteiger charge is -2.40. The maximum absolute atomic E-state index is 15.7. The molecule has 0 spiro atoms. The third-order valence-corrected chi connectivity index (χ3v) is 7.12. The number of piperidine rings is 1. The van der Waals surface area contributed by atoms with Gasteiger partial charge in [-0.1, -0.05) is 11.6 Å². The van der Waals surface area contributed by atoms with E-state index in [9.17, 15) is 14.7 Å². The molecule has 29 heavy (non-hydrogen) atoms. The molecule has 1 saturated carbocycles. The number of nitrogens with zero attached hydrogens (tertiary/aromatic N) is 2. The van der Waals surface area contributed by atoms with Crippen LogP contribution >= 0.6 is 11.6 Å². The first-order valence-corrected chi connectivity index (χ1v) is 10.5. The maximum atomic E-state index is 15.7. The Hall–Kier alpha value is -2.12. The van der Waals surface area contributed by atoms with Crippen molar-refractivity contribution in [1.82, 2.24) is 4.57 Å². The van der Waals surface area contributed by atoms with Crippen LogP contribution in [0.2, 0.25) is 5.02 Å². The Morgan fingerprint density at radius 3 is 2.34 bits per heavy atom. The molecule has 5 rings (SSSR count). The molecule has 3 aliphatic rings. The van der Waals surface area contributed by atoms with Crippen molar-refractivity contribution in [2.75, 3.05) is 4.90 Å². The molecule has 6 nitrogen and oxygen atoms in total. The Morgan fingerprint density at radius 2 is 1.79 bits per heavy atom. The van der Waals surface area contributed by atoms with Gasteiger partial charge in [0.1, 0.15) is 5.56 Å². The van der Waals surface area contributed by atoms with E-state index in [1.54, 1.807) is 11.5 Å². The number of anilines is 1. The predicted octanol–water partition coefficient (Wildman–Crippen LogP) is 3.59. The number of benzene rings is 1. The predicted molar refractivity (Wildman–Crippen MR) is 110 cm³/mol. The van der Waals surface area contributed by atoms with E-state index in [2.05, 4.69) is 4.90 Å². The van der Waals surface area contributed by atoms with Crippen LogP contribution in [-0.4, -0.2) is 33.8 Å². The Kier molecular flexibility index (Phi) is 4.19. The fourth-order valence-corrected chi connectivity index (χ4v) is 5.68. The number of carboxylic acids is 1. The molecule has 3 heterocycles. The van der Waals surface area contributed by atoms with E-state index in [1.165, 1.54) is 6.20 Å². The highest BCUT2D eigenvalue weighted by Gasteiger charge is 2.43. The van der Waals surface area contributed by atoms with E-state index in [-0.39, 0.29) is 45.7 Å². The normalized spacial score (nSPS) is 26.3. The van der Waals surface area contributed by atoms with Crippen molar-refractivity contribution in [3.63, 3.8) is 0 Å². The number of carboxylic acid groups (broad SMARTS) is 1. The van der Waals surface area contributed by atoms with Gasteiger partial charge < -0.3 is 20.3 Å². The van der Waals surface area contributed by atoms with Gasteiger partial charge in [-0.05, 0) is 45.4 Å². The number of halogens is 2. The van der Waals surface area contributed by atoms with E-state index >= 15 is 4.39 Å². The monoisotopic (exact) mass is 419 g/mol. The molecular weight excluding hydrogens is 397 g/mol. The van der Waals surface area contributed by atoms with Crippen LogP contribution in [0.3, 0.4) is 0 Å². The largest absolute Gasteiger partial charge is 0.477 e. The number of aromatic nitrogens is 1. The molecule has 8 heteroatoms. The van der Waals surface area contributed by atoms with Crippen LogP contribution in [0.1, 0.15) is 60.5 Å². The van der Waals surface area contributed by atoms with Crippen molar-refractivity contribution in [3.8, 4) is 0 Å². The Morgan fingerprint density at radius 1 is 1.21 bits per heavy atom. The quantitative estimate of drug-likeness (QED) is 0.793. The van der Waals surface area contributed by atoms with E-state index in [1.807, 2.05) is 0 Å². The molecule has 1 aromatic heterocycles. The molecule has 0 radical (unpaired) electrons. The number of aromatic carboxylic acids is 1. The van der Waals surface area contributed by atoms with Crippen molar-refractivity contribution >= 4 is 34.2 Å². The molecule has 2 aromatic rings. The Bertz CT molecular complexity index is 1100. The minimum absolute atomic E-state index is 0.0732. The lowest BCUT2D eigenvalue weighted by atomic mass is 9.96. The Balaban J connectivity index is 1.82. The molecule has 3 fully saturated rings. The van der Waals surface area contributed by atoms with Crippen LogP contribution < -0.4 is 16.1 Å². The van der Waals surface area contributed by atoms with E-state index in [0.717, 1.165) is 38.5 Å². The minimum Gasteiger partial charge on any atom is -0.477 e. The van der Waals surface area contributed by atoms with E-state index in [0.29, 0.717) is 11.2 Å². The number of fused-ring (bicyclic) bond motifs is 3. The molecule has 1 aromatic carbocycles. The lowest BCUT2D eigenvalue weighted by Crippen LogP contribution is -2.48. The summed E-state index contributed by atoms with van der Waals surface area (Å²) in [5.74, 6) is -1.84. The zero-order chi connectivity index (χ0) is 20.6. The number of carbonyl (C=O) groups is 1. The van der Waals surface area contributed by atoms with Gasteiger partial charge in [0.25, 0.3) is 0 Å². The van der Waals surface area contributed by atoms with Crippen LogP contribution in [0.15, 0.2) is 11.0 Å². The molecule has 2 aliphatic heterocycles. The average molecular weight is 420 g/mol. The molecule has 154 valence electrons.